The Morgan fingerprint density at radius 2 is 1.89 bits per heavy atom. The minimum Gasteiger partial charge on any atom is -0.461 e. The number of rotatable bonds is 7. The first-order valence-electron chi connectivity index (χ1n) is 12.1. The fourth-order valence-corrected chi connectivity index (χ4v) is 5.33. The van der Waals surface area contributed by atoms with Crippen molar-refractivity contribution in [3.63, 3.8) is 0 Å². The molecule has 0 unspecified atom stereocenters. The Labute approximate surface area is 210 Å². The van der Waals surface area contributed by atoms with E-state index >= 15 is 0 Å². The molecular formula is C25H31N5O5S. The number of hydrogen-bond acceptors (Lipinski definition) is 8. The van der Waals surface area contributed by atoms with Crippen molar-refractivity contribution in [2.75, 3.05) is 37.8 Å². The summed E-state index contributed by atoms with van der Waals surface area (Å²) in [6.07, 6.45) is 4.78. The minimum atomic E-state index is -3.90. The van der Waals surface area contributed by atoms with Crippen LogP contribution in [0, 0.1) is 18.3 Å². The zero-order valence-electron chi connectivity index (χ0n) is 20.5. The molecule has 0 aliphatic carbocycles. The molecule has 3 heterocycles. The van der Waals surface area contributed by atoms with E-state index in [1.54, 1.807) is 29.2 Å². The molecule has 11 heteroatoms. The Morgan fingerprint density at radius 1 is 1.17 bits per heavy atom. The van der Waals surface area contributed by atoms with Gasteiger partial charge in [0.25, 0.3) is 0 Å². The molecule has 1 atom stereocenters. The summed E-state index contributed by atoms with van der Waals surface area (Å²) in [4.78, 5) is 28.9. The highest BCUT2D eigenvalue weighted by atomic mass is 32.2. The number of nitriles is 1. The molecule has 1 aromatic heterocycles. The number of benzene rings is 1. The maximum absolute atomic E-state index is 13.4. The average Bonchev–Trinajstić information content (AvgIpc) is 3.44. The number of nitrogens with one attached hydrogen (secondary N) is 2. The van der Waals surface area contributed by atoms with E-state index in [9.17, 15) is 23.3 Å². The van der Waals surface area contributed by atoms with Gasteiger partial charge >= 0.3 is 0 Å². The third kappa shape index (κ3) is 5.82. The van der Waals surface area contributed by atoms with Crippen LogP contribution in [-0.4, -0.2) is 68.5 Å². The molecule has 2 amide bonds. The fraction of sp³-hybridized carbons (Fsp3) is 0.480. The second-order valence-corrected chi connectivity index (χ2v) is 11.3. The molecule has 2 aliphatic rings. The Hall–Kier alpha value is -3.52. The molecule has 10 nitrogen and oxygen atoms in total. The Bertz CT molecular complexity index is 1330. The van der Waals surface area contributed by atoms with E-state index < -0.39 is 20.8 Å². The average molecular weight is 514 g/mol. The van der Waals surface area contributed by atoms with E-state index in [2.05, 4.69) is 10.6 Å². The largest absolute Gasteiger partial charge is 0.461 e. The van der Waals surface area contributed by atoms with E-state index in [0.29, 0.717) is 43.7 Å². The first-order valence-corrected chi connectivity index (χ1v) is 14.0. The fourth-order valence-electron chi connectivity index (χ4n) is 4.68. The highest BCUT2D eigenvalue weighted by Crippen LogP contribution is 2.25. The van der Waals surface area contributed by atoms with Crippen LogP contribution in [0.2, 0.25) is 0 Å². The zero-order valence-corrected chi connectivity index (χ0v) is 21.4. The summed E-state index contributed by atoms with van der Waals surface area (Å²) in [6, 6.07) is 8.07. The summed E-state index contributed by atoms with van der Waals surface area (Å²) in [6.45, 7) is 3.70. The lowest BCUT2D eigenvalue weighted by atomic mass is 10.1. The summed E-state index contributed by atoms with van der Waals surface area (Å²) in [5.41, 5.74) is 1.21. The van der Waals surface area contributed by atoms with Crippen molar-refractivity contribution in [3.05, 3.63) is 40.8 Å². The normalized spacial score (nSPS) is 19.6. The molecule has 4 rings (SSSR count). The SMILES string of the molecule is Cc1cc2cc(N/C(N[C@H]3CCCCN(CC(=O)N4CCCC4)C3=O)=C(/C#N)S(C)(=O)=O)ccc2o1. The molecule has 2 saturated heterocycles. The van der Waals surface area contributed by atoms with Gasteiger partial charge in [0.2, 0.25) is 11.8 Å². The zero-order chi connectivity index (χ0) is 25.9. The summed E-state index contributed by atoms with van der Waals surface area (Å²) in [5.74, 6) is 0.308. The Balaban J connectivity index is 1.60. The first-order chi connectivity index (χ1) is 17.2. The number of hydrogen-bond donors (Lipinski definition) is 2. The summed E-state index contributed by atoms with van der Waals surface area (Å²) >= 11 is 0. The van der Waals surface area contributed by atoms with Gasteiger partial charge in [-0.2, -0.15) is 5.26 Å². The van der Waals surface area contributed by atoms with Gasteiger partial charge in [0.05, 0.1) is 6.54 Å². The molecule has 36 heavy (non-hydrogen) atoms. The molecule has 0 bridgehead atoms. The lowest BCUT2D eigenvalue weighted by Gasteiger charge is -2.28. The van der Waals surface area contributed by atoms with E-state index in [-0.39, 0.29) is 24.2 Å². The van der Waals surface area contributed by atoms with Crippen LogP contribution < -0.4 is 10.6 Å². The van der Waals surface area contributed by atoms with Crippen LogP contribution in [-0.2, 0) is 19.4 Å². The van der Waals surface area contributed by atoms with Crippen LogP contribution in [0.1, 0.15) is 37.9 Å². The van der Waals surface area contributed by atoms with E-state index in [1.807, 2.05) is 13.0 Å². The maximum atomic E-state index is 13.4. The Kier molecular flexibility index (Phi) is 7.54. The summed E-state index contributed by atoms with van der Waals surface area (Å²) < 4.78 is 30.5. The summed E-state index contributed by atoms with van der Waals surface area (Å²) in [7, 11) is -3.90. The van der Waals surface area contributed by atoms with E-state index in [0.717, 1.165) is 36.7 Å². The molecule has 0 radical (unpaired) electrons. The lowest BCUT2D eigenvalue weighted by Crippen LogP contribution is -2.49. The number of carbonyl (C=O) groups is 2. The van der Waals surface area contributed by atoms with Crippen molar-refractivity contribution >= 4 is 38.3 Å². The van der Waals surface area contributed by atoms with Gasteiger partial charge in [-0.25, -0.2) is 8.42 Å². The van der Waals surface area contributed by atoms with Crippen LogP contribution in [0.3, 0.4) is 0 Å². The molecule has 0 saturated carbocycles. The minimum absolute atomic E-state index is 0.00280. The number of likely N-dealkylation sites (tertiary alicyclic amines) is 2. The molecule has 2 fully saturated rings. The number of sulfone groups is 1. The van der Waals surface area contributed by atoms with Gasteiger partial charge in [-0.15, -0.1) is 0 Å². The smallest absolute Gasteiger partial charge is 0.245 e. The van der Waals surface area contributed by atoms with Gasteiger partial charge in [-0.05, 0) is 63.3 Å². The molecule has 0 spiro atoms. The number of furan rings is 1. The van der Waals surface area contributed by atoms with Gasteiger partial charge in [-0.3, -0.25) is 9.59 Å². The second-order valence-electron chi connectivity index (χ2n) is 9.36. The topological polar surface area (TPSA) is 136 Å². The van der Waals surface area contributed by atoms with Crippen LogP contribution in [0.4, 0.5) is 5.69 Å². The molecule has 2 N–H and O–H groups in total. The van der Waals surface area contributed by atoms with Crippen molar-refractivity contribution in [2.45, 2.75) is 45.1 Å². The number of amides is 2. The second kappa shape index (κ2) is 10.6. The number of allylic oxidation sites excluding steroid dienone is 1. The van der Waals surface area contributed by atoms with Gasteiger partial charge in [0, 0.05) is 37.0 Å². The molecule has 2 aromatic rings. The van der Waals surface area contributed by atoms with Crippen LogP contribution >= 0.6 is 0 Å². The van der Waals surface area contributed by atoms with E-state index in [1.165, 1.54) is 4.90 Å². The number of nitrogens with zero attached hydrogens (tertiary/aromatic N) is 3. The highest BCUT2D eigenvalue weighted by molar-refractivity contribution is 7.94. The van der Waals surface area contributed by atoms with Crippen molar-refractivity contribution in [2.24, 2.45) is 0 Å². The lowest BCUT2D eigenvalue weighted by molar-refractivity contribution is -0.140. The predicted octanol–water partition coefficient (Wildman–Crippen LogP) is 2.48. The Morgan fingerprint density at radius 3 is 2.58 bits per heavy atom. The first kappa shape index (κ1) is 25.6. The van der Waals surface area contributed by atoms with E-state index in [4.69, 9.17) is 4.42 Å². The predicted molar refractivity (Wildman–Crippen MR) is 135 cm³/mol. The number of carbonyl (C=O) groups excluding carboxylic acids is 2. The number of fused-ring (bicyclic) bond motifs is 1. The van der Waals surface area contributed by atoms with Gasteiger partial charge in [0.15, 0.2) is 14.7 Å². The van der Waals surface area contributed by atoms with Gasteiger partial charge in [-0.1, -0.05) is 0 Å². The third-order valence-electron chi connectivity index (χ3n) is 6.49. The molecule has 192 valence electrons. The third-order valence-corrected chi connectivity index (χ3v) is 7.53. The quantitative estimate of drug-likeness (QED) is 0.539. The van der Waals surface area contributed by atoms with Gasteiger partial charge in [0.1, 0.15) is 29.3 Å². The highest BCUT2D eigenvalue weighted by Gasteiger charge is 2.32. The van der Waals surface area contributed by atoms with Gasteiger partial charge < -0.3 is 24.9 Å². The van der Waals surface area contributed by atoms with Crippen LogP contribution in [0.5, 0.6) is 0 Å². The molecular weight excluding hydrogens is 482 g/mol. The van der Waals surface area contributed by atoms with Crippen molar-refractivity contribution in [1.29, 1.82) is 5.26 Å². The van der Waals surface area contributed by atoms with Crippen LogP contribution in [0.25, 0.3) is 11.0 Å². The molecule has 2 aliphatic heterocycles. The summed E-state index contributed by atoms with van der Waals surface area (Å²) in [5, 5.41) is 16.5. The number of aryl methyl sites for hydroxylation is 1. The maximum Gasteiger partial charge on any atom is 0.245 e. The monoisotopic (exact) mass is 513 g/mol. The van der Waals surface area contributed by atoms with Crippen molar-refractivity contribution < 1.29 is 22.4 Å². The van der Waals surface area contributed by atoms with Crippen LogP contribution in [0.15, 0.2) is 39.4 Å². The van der Waals surface area contributed by atoms with Crippen molar-refractivity contribution in [3.8, 4) is 6.07 Å². The van der Waals surface area contributed by atoms with Crippen molar-refractivity contribution in [1.82, 2.24) is 15.1 Å². The number of anilines is 1. The standard InChI is InChI=1S/C25H31N5O5S/c1-17-13-18-14-19(8-9-21(18)35-17)27-24(22(15-26)36(2,33)34)28-20-7-3-4-12-30(25(20)32)16-23(31)29-10-5-6-11-29/h8-9,13-14,20,27-28H,3-7,10-12,16H2,1-2H3/b24-22+/t20-/m0/s1. The molecule has 1 aromatic carbocycles.